The Balaban J connectivity index is 2.09. The van der Waals surface area contributed by atoms with Gasteiger partial charge in [0.15, 0.2) is 0 Å². The molecule has 1 atom stereocenters. The van der Waals surface area contributed by atoms with E-state index < -0.39 is 0 Å². The van der Waals surface area contributed by atoms with Gasteiger partial charge < -0.3 is 9.64 Å². The fourth-order valence-electron chi connectivity index (χ4n) is 1.95. The van der Waals surface area contributed by atoms with E-state index in [2.05, 4.69) is 22.9 Å². The maximum atomic E-state index is 12.3. The fourth-order valence-corrected chi connectivity index (χ4v) is 2.35. The van der Waals surface area contributed by atoms with E-state index in [1.165, 1.54) is 0 Å². The van der Waals surface area contributed by atoms with E-state index in [0.717, 1.165) is 16.5 Å². The van der Waals surface area contributed by atoms with Crippen LogP contribution in [0.5, 0.6) is 0 Å². The minimum absolute atomic E-state index is 0.0908. The van der Waals surface area contributed by atoms with Crippen LogP contribution in [-0.2, 0) is 4.74 Å². The molecule has 0 spiro atoms. The quantitative estimate of drug-likeness (QED) is 0.840. The first kappa shape index (κ1) is 12.6. The number of amides is 1. The van der Waals surface area contributed by atoms with E-state index in [0.29, 0.717) is 19.7 Å². The molecule has 0 bridgehead atoms. The van der Waals surface area contributed by atoms with Crippen molar-refractivity contribution in [3.05, 3.63) is 34.3 Å². The molecule has 0 aromatic heterocycles. The van der Waals surface area contributed by atoms with E-state index in [9.17, 15) is 4.79 Å². The van der Waals surface area contributed by atoms with Gasteiger partial charge in [-0.15, -0.1) is 0 Å². The minimum atomic E-state index is 0.0908. The second kappa shape index (κ2) is 5.65. The van der Waals surface area contributed by atoms with E-state index in [1.807, 2.05) is 29.2 Å². The van der Waals surface area contributed by atoms with Crippen molar-refractivity contribution in [3.63, 3.8) is 0 Å². The Bertz CT molecular complexity index is 408. The summed E-state index contributed by atoms with van der Waals surface area (Å²) in [6.07, 6.45) is 1.13. The van der Waals surface area contributed by atoms with Gasteiger partial charge in [-0.25, -0.2) is 0 Å². The van der Waals surface area contributed by atoms with Crippen molar-refractivity contribution in [3.8, 4) is 0 Å². The van der Waals surface area contributed by atoms with Crippen LogP contribution in [0, 0.1) is 0 Å². The largest absolute Gasteiger partial charge is 0.375 e. The molecule has 0 radical (unpaired) electrons. The van der Waals surface area contributed by atoms with Crippen LogP contribution in [0.1, 0.15) is 23.7 Å². The smallest absolute Gasteiger partial charge is 0.254 e. The molecule has 0 aliphatic carbocycles. The summed E-state index contributed by atoms with van der Waals surface area (Å²) < 4.78 is 6.50. The fraction of sp³-hybridized carbons (Fsp3) is 0.462. The molecule has 0 saturated carbocycles. The predicted molar refractivity (Wildman–Crippen MR) is 70.1 cm³/mol. The molecule has 17 heavy (non-hydrogen) atoms. The minimum Gasteiger partial charge on any atom is -0.375 e. The molecule has 1 saturated heterocycles. The molecular weight excluding hydrogens is 282 g/mol. The van der Waals surface area contributed by atoms with Crippen molar-refractivity contribution >= 4 is 21.8 Å². The number of rotatable bonds is 2. The molecule has 1 aromatic carbocycles. The number of carbonyl (C=O) groups excluding carboxylic acids is 1. The molecule has 92 valence electrons. The highest BCUT2D eigenvalue weighted by atomic mass is 79.9. The zero-order chi connectivity index (χ0) is 12.3. The zero-order valence-corrected chi connectivity index (χ0v) is 11.4. The third-order valence-electron chi connectivity index (χ3n) is 2.95. The Kier molecular flexibility index (Phi) is 4.18. The van der Waals surface area contributed by atoms with Gasteiger partial charge in [-0.05, 0) is 24.6 Å². The Labute approximate surface area is 110 Å². The summed E-state index contributed by atoms with van der Waals surface area (Å²) in [5.74, 6) is 0.0908. The van der Waals surface area contributed by atoms with Gasteiger partial charge in [-0.1, -0.05) is 28.9 Å². The second-order valence-corrected chi connectivity index (χ2v) is 5.08. The van der Waals surface area contributed by atoms with E-state index in [1.54, 1.807) is 0 Å². The summed E-state index contributed by atoms with van der Waals surface area (Å²) >= 11 is 3.38. The summed E-state index contributed by atoms with van der Waals surface area (Å²) in [6.45, 7) is 4.10. The molecule has 1 aliphatic heterocycles. The maximum Gasteiger partial charge on any atom is 0.254 e. The number of carbonyl (C=O) groups is 1. The van der Waals surface area contributed by atoms with Crippen LogP contribution in [0.3, 0.4) is 0 Å². The van der Waals surface area contributed by atoms with Crippen LogP contribution in [0.25, 0.3) is 0 Å². The molecule has 1 aromatic rings. The molecule has 1 fully saturated rings. The van der Waals surface area contributed by atoms with Crippen LogP contribution in [0.4, 0.5) is 0 Å². The second-order valence-electron chi connectivity index (χ2n) is 4.16. The lowest BCUT2D eigenvalue weighted by Gasteiger charge is -2.32. The van der Waals surface area contributed by atoms with Crippen molar-refractivity contribution in [2.45, 2.75) is 19.4 Å². The number of halogens is 1. The lowest BCUT2D eigenvalue weighted by Crippen LogP contribution is -2.45. The van der Waals surface area contributed by atoms with E-state index in [-0.39, 0.29) is 12.0 Å². The van der Waals surface area contributed by atoms with E-state index >= 15 is 0 Å². The Hall–Kier alpha value is -0.870. The lowest BCUT2D eigenvalue weighted by molar-refractivity contribution is -0.0226. The molecule has 1 amide bonds. The van der Waals surface area contributed by atoms with Crippen molar-refractivity contribution < 1.29 is 9.53 Å². The number of hydrogen-bond donors (Lipinski definition) is 0. The maximum absolute atomic E-state index is 12.3. The average molecular weight is 298 g/mol. The van der Waals surface area contributed by atoms with E-state index in [4.69, 9.17) is 4.74 Å². The first-order chi connectivity index (χ1) is 8.20. The van der Waals surface area contributed by atoms with Crippen molar-refractivity contribution in [1.29, 1.82) is 0 Å². The van der Waals surface area contributed by atoms with Crippen LogP contribution >= 0.6 is 15.9 Å². The zero-order valence-electron chi connectivity index (χ0n) is 9.86. The Morgan fingerprint density at radius 3 is 3.12 bits per heavy atom. The summed E-state index contributed by atoms with van der Waals surface area (Å²) in [4.78, 5) is 14.1. The monoisotopic (exact) mass is 297 g/mol. The van der Waals surface area contributed by atoms with Gasteiger partial charge in [-0.2, -0.15) is 0 Å². The van der Waals surface area contributed by atoms with Gasteiger partial charge in [0, 0.05) is 23.1 Å². The highest BCUT2D eigenvalue weighted by Gasteiger charge is 2.23. The van der Waals surface area contributed by atoms with Crippen LogP contribution in [0.15, 0.2) is 28.7 Å². The number of hydrogen-bond acceptors (Lipinski definition) is 2. The number of ether oxygens (including phenoxy) is 1. The van der Waals surface area contributed by atoms with Crippen molar-refractivity contribution in [1.82, 2.24) is 4.90 Å². The summed E-state index contributed by atoms with van der Waals surface area (Å²) in [6, 6.07) is 7.52. The van der Waals surface area contributed by atoms with Gasteiger partial charge in [0.05, 0.1) is 12.7 Å². The Morgan fingerprint density at radius 1 is 1.59 bits per heavy atom. The summed E-state index contributed by atoms with van der Waals surface area (Å²) in [7, 11) is 0. The first-order valence-electron chi connectivity index (χ1n) is 5.87. The molecule has 3 nitrogen and oxygen atoms in total. The van der Waals surface area contributed by atoms with Gasteiger partial charge in [0.1, 0.15) is 0 Å². The van der Waals surface area contributed by atoms with Gasteiger partial charge in [0.2, 0.25) is 0 Å². The SMILES string of the molecule is CCC1CN(C(=O)c2cccc(Br)c2)CCO1. The topological polar surface area (TPSA) is 29.5 Å². The third-order valence-corrected chi connectivity index (χ3v) is 3.45. The molecule has 4 heteroatoms. The van der Waals surface area contributed by atoms with Crippen LogP contribution < -0.4 is 0 Å². The number of nitrogens with zero attached hydrogens (tertiary/aromatic N) is 1. The first-order valence-corrected chi connectivity index (χ1v) is 6.66. The Morgan fingerprint density at radius 2 is 2.41 bits per heavy atom. The summed E-state index contributed by atoms with van der Waals surface area (Å²) in [5.41, 5.74) is 0.733. The highest BCUT2D eigenvalue weighted by Crippen LogP contribution is 2.16. The third kappa shape index (κ3) is 3.07. The molecule has 1 heterocycles. The summed E-state index contributed by atoms with van der Waals surface area (Å²) in [5, 5.41) is 0. The lowest BCUT2D eigenvalue weighted by atomic mass is 10.1. The van der Waals surface area contributed by atoms with Crippen molar-refractivity contribution in [2.75, 3.05) is 19.7 Å². The van der Waals surface area contributed by atoms with Crippen molar-refractivity contribution in [2.24, 2.45) is 0 Å². The van der Waals surface area contributed by atoms with Crippen LogP contribution in [-0.4, -0.2) is 36.6 Å². The molecular formula is C13H16BrNO2. The standard InChI is InChI=1S/C13H16BrNO2/c1-2-12-9-15(6-7-17-12)13(16)10-4-3-5-11(14)8-10/h3-5,8,12H,2,6-7,9H2,1H3. The van der Waals surface area contributed by atoms with Crippen LogP contribution in [0.2, 0.25) is 0 Å². The molecule has 1 unspecified atom stereocenters. The predicted octanol–water partition coefficient (Wildman–Crippen LogP) is 2.70. The molecule has 2 rings (SSSR count). The van der Waals surface area contributed by atoms with Gasteiger partial charge >= 0.3 is 0 Å². The molecule has 1 aliphatic rings. The highest BCUT2D eigenvalue weighted by molar-refractivity contribution is 9.10. The number of benzene rings is 1. The van der Waals surface area contributed by atoms with Gasteiger partial charge in [0.25, 0.3) is 5.91 Å². The molecule has 0 N–H and O–H groups in total. The average Bonchev–Trinajstić information content (AvgIpc) is 2.38. The van der Waals surface area contributed by atoms with Gasteiger partial charge in [-0.3, -0.25) is 4.79 Å². The normalized spacial score (nSPS) is 20.4. The number of morpholine rings is 1.